The Bertz CT molecular complexity index is 473. The molecule has 0 radical (unpaired) electrons. The monoisotopic (exact) mass is 270 g/mol. The summed E-state index contributed by atoms with van der Waals surface area (Å²) in [6, 6.07) is 1.47. The van der Waals surface area contributed by atoms with Gasteiger partial charge in [0.05, 0.1) is 13.2 Å². The largest absolute Gasteiger partial charge is 0.348 e. The van der Waals surface area contributed by atoms with Crippen LogP contribution >= 0.6 is 11.8 Å². The maximum atomic E-state index is 11.3. The molecule has 18 heavy (non-hydrogen) atoms. The second kappa shape index (κ2) is 5.42. The third kappa shape index (κ3) is 3.34. The maximum absolute atomic E-state index is 11.3. The van der Waals surface area contributed by atoms with Crippen LogP contribution in [0.1, 0.15) is 20.8 Å². The van der Waals surface area contributed by atoms with Crippen molar-refractivity contribution in [2.24, 2.45) is 0 Å². The minimum atomic E-state index is -0.519. The van der Waals surface area contributed by atoms with E-state index in [0.29, 0.717) is 13.2 Å². The molecule has 5 nitrogen and oxygen atoms in total. The van der Waals surface area contributed by atoms with Gasteiger partial charge in [-0.2, -0.15) is 4.98 Å². The first-order valence-corrected chi connectivity index (χ1v) is 7.01. The lowest BCUT2D eigenvalue weighted by molar-refractivity contribution is -0.139. The van der Waals surface area contributed by atoms with Crippen LogP contribution in [0.5, 0.6) is 0 Å². The fourth-order valence-electron chi connectivity index (χ4n) is 1.87. The minimum Gasteiger partial charge on any atom is -0.348 e. The Morgan fingerprint density at radius 2 is 2.39 bits per heavy atom. The second-order valence-electron chi connectivity index (χ2n) is 4.58. The number of ether oxygens (including phenoxy) is 2. The molecule has 2 heterocycles. The van der Waals surface area contributed by atoms with Crippen molar-refractivity contribution in [3.8, 4) is 0 Å². The van der Waals surface area contributed by atoms with Crippen molar-refractivity contribution in [3.05, 3.63) is 22.6 Å². The van der Waals surface area contributed by atoms with E-state index in [1.165, 1.54) is 6.07 Å². The van der Waals surface area contributed by atoms with Crippen LogP contribution in [0, 0.1) is 0 Å². The lowest BCUT2D eigenvalue weighted by atomic mass is 10.3. The molecule has 0 saturated carbocycles. The molecule has 1 fully saturated rings. The zero-order valence-corrected chi connectivity index (χ0v) is 11.7. The fourth-order valence-corrected chi connectivity index (χ4v) is 2.58. The van der Waals surface area contributed by atoms with Crippen LogP contribution in [0.15, 0.2) is 22.2 Å². The molecule has 100 valence electrons. The van der Waals surface area contributed by atoms with Gasteiger partial charge in [-0.05, 0) is 19.6 Å². The maximum Gasteiger partial charge on any atom is 0.273 e. The highest BCUT2D eigenvalue weighted by Crippen LogP contribution is 2.24. The van der Waals surface area contributed by atoms with Gasteiger partial charge < -0.3 is 14.0 Å². The van der Waals surface area contributed by atoms with Crippen molar-refractivity contribution >= 4 is 11.8 Å². The van der Waals surface area contributed by atoms with Gasteiger partial charge in [-0.1, -0.05) is 18.7 Å². The molecule has 1 atom stereocenters. The van der Waals surface area contributed by atoms with Gasteiger partial charge in [-0.3, -0.25) is 4.79 Å². The van der Waals surface area contributed by atoms with Crippen LogP contribution < -0.4 is 5.56 Å². The highest BCUT2D eigenvalue weighted by molar-refractivity contribution is 7.99. The third-order valence-electron chi connectivity index (χ3n) is 2.59. The molecule has 1 aliphatic heterocycles. The van der Waals surface area contributed by atoms with Crippen LogP contribution in [0.3, 0.4) is 0 Å². The Hall–Kier alpha value is -0.850. The quantitative estimate of drug-likeness (QED) is 0.613. The highest BCUT2D eigenvalue weighted by atomic mass is 32.2. The van der Waals surface area contributed by atoms with E-state index in [1.807, 2.05) is 25.3 Å². The summed E-state index contributed by atoms with van der Waals surface area (Å²) in [5, 5.41) is 0.735. The van der Waals surface area contributed by atoms with Gasteiger partial charge in [0.1, 0.15) is 6.10 Å². The van der Waals surface area contributed by atoms with Gasteiger partial charge in [0.15, 0.2) is 10.9 Å². The molecule has 0 N–H and O–H groups in total. The number of aromatic nitrogens is 2. The highest BCUT2D eigenvalue weighted by Gasteiger charge is 2.32. The molecule has 0 aliphatic carbocycles. The van der Waals surface area contributed by atoms with Crippen LogP contribution in [0.4, 0.5) is 0 Å². The lowest BCUT2D eigenvalue weighted by Gasteiger charge is -2.18. The van der Waals surface area contributed by atoms with Crippen LogP contribution in [0.25, 0.3) is 0 Å². The molecule has 1 aromatic rings. The van der Waals surface area contributed by atoms with Crippen LogP contribution in [-0.2, 0) is 16.0 Å². The van der Waals surface area contributed by atoms with E-state index in [4.69, 9.17) is 9.47 Å². The van der Waals surface area contributed by atoms with Gasteiger partial charge >= 0.3 is 0 Å². The van der Waals surface area contributed by atoms with Crippen molar-refractivity contribution in [2.45, 2.75) is 44.4 Å². The number of nitrogens with zero attached hydrogens (tertiary/aromatic N) is 2. The average molecular weight is 270 g/mol. The van der Waals surface area contributed by atoms with E-state index in [2.05, 4.69) is 4.98 Å². The summed E-state index contributed by atoms with van der Waals surface area (Å²) >= 11 is 1.55. The fraction of sp³-hybridized carbons (Fsp3) is 0.667. The molecule has 1 aliphatic rings. The van der Waals surface area contributed by atoms with Crippen LogP contribution in [0.2, 0.25) is 0 Å². The minimum absolute atomic E-state index is 0.000471. The van der Waals surface area contributed by atoms with Crippen molar-refractivity contribution in [1.82, 2.24) is 9.55 Å². The van der Waals surface area contributed by atoms with Crippen molar-refractivity contribution < 1.29 is 9.47 Å². The van der Waals surface area contributed by atoms with Crippen molar-refractivity contribution in [3.63, 3.8) is 0 Å². The summed E-state index contributed by atoms with van der Waals surface area (Å²) in [6.07, 6.45) is 1.77. The van der Waals surface area contributed by atoms with E-state index in [1.54, 1.807) is 18.0 Å². The summed E-state index contributed by atoms with van der Waals surface area (Å²) in [6.45, 7) is 7.05. The van der Waals surface area contributed by atoms with Crippen molar-refractivity contribution in [2.75, 3.05) is 12.4 Å². The first-order valence-electron chi connectivity index (χ1n) is 6.02. The Balaban J connectivity index is 2.11. The van der Waals surface area contributed by atoms with Gasteiger partial charge in [-0.15, -0.1) is 0 Å². The van der Waals surface area contributed by atoms with E-state index in [-0.39, 0.29) is 11.7 Å². The average Bonchev–Trinajstić information content (AvgIpc) is 2.62. The van der Waals surface area contributed by atoms with Crippen LogP contribution in [-0.4, -0.2) is 33.8 Å². The summed E-state index contributed by atoms with van der Waals surface area (Å²) in [5.41, 5.74) is -0.203. The molecule has 1 saturated heterocycles. The van der Waals surface area contributed by atoms with Gasteiger partial charge in [0, 0.05) is 12.3 Å². The molecule has 0 aromatic carbocycles. The molecule has 0 spiro atoms. The summed E-state index contributed by atoms with van der Waals surface area (Å²) in [5.74, 6) is 0.360. The van der Waals surface area contributed by atoms with Gasteiger partial charge in [0.25, 0.3) is 5.56 Å². The molecule has 1 aromatic heterocycles. The molecular weight excluding hydrogens is 252 g/mol. The Morgan fingerprint density at radius 3 is 3.00 bits per heavy atom. The predicted octanol–water partition coefficient (Wildman–Crippen LogP) is 1.51. The molecule has 6 heteroatoms. The van der Waals surface area contributed by atoms with E-state index in [9.17, 15) is 4.79 Å². The molecular formula is C12H18N2O3S. The standard InChI is InChI=1S/C12H18N2O3S/c1-4-18-11-13-10(15)5-6-14(11)7-9-8-16-12(2,3)17-9/h5-6,9H,4,7-8H2,1-3H3/t9-/m0/s1. The summed E-state index contributed by atoms with van der Waals surface area (Å²) in [4.78, 5) is 15.3. The summed E-state index contributed by atoms with van der Waals surface area (Å²) < 4.78 is 13.2. The molecule has 2 rings (SSSR count). The second-order valence-corrected chi connectivity index (χ2v) is 5.82. The first kappa shape index (κ1) is 13.6. The molecule has 0 bridgehead atoms. The summed E-state index contributed by atoms with van der Waals surface area (Å²) in [7, 11) is 0. The van der Waals surface area contributed by atoms with Gasteiger partial charge in [0.2, 0.25) is 0 Å². The topological polar surface area (TPSA) is 53.4 Å². The SMILES string of the molecule is CCSc1nc(=O)ccn1C[C@H]1COC(C)(C)O1. The normalized spacial score (nSPS) is 22.3. The smallest absolute Gasteiger partial charge is 0.273 e. The molecule has 0 amide bonds. The first-order chi connectivity index (χ1) is 8.50. The lowest BCUT2D eigenvalue weighted by Crippen LogP contribution is -2.25. The zero-order valence-electron chi connectivity index (χ0n) is 10.9. The van der Waals surface area contributed by atoms with Crippen molar-refractivity contribution in [1.29, 1.82) is 0 Å². The third-order valence-corrected chi connectivity index (χ3v) is 3.46. The number of thioether (sulfide) groups is 1. The predicted molar refractivity (Wildman–Crippen MR) is 69.8 cm³/mol. The van der Waals surface area contributed by atoms with E-state index >= 15 is 0 Å². The zero-order chi connectivity index (χ0) is 13.2. The Morgan fingerprint density at radius 1 is 1.61 bits per heavy atom. The molecule has 0 unspecified atom stereocenters. The van der Waals surface area contributed by atoms with E-state index < -0.39 is 5.79 Å². The number of rotatable bonds is 4. The Kier molecular flexibility index (Phi) is 4.09. The van der Waals surface area contributed by atoms with Gasteiger partial charge in [-0.25, -0.2) is 0 Å². The van der Waals surface area contributed by atoms with E-state index in [0.717, 1.165) is 10.9 Å². The number of hydrogen-bond donors (Lipinski definition) is 0. The number of hydrogen-bond acceptors (Lipinski definition) is 5. The Labute approximate surface area is 111 Å².